The number of hydrogen-bond donors (Lipinski definition) is 0. The maximum Gasteiger partial charge on any atom is 0.307 e. The highest BCUT2D eigenvalue weighted by molar-refractivity contribution is 14.1. The summed E-state index contributed by atoms with van der Waals surface area (Å²) in [4.78, 5) is 10.6. The van der Waals surface area contributed by atoms with E-state index < -0.39 is 0 Å². The Morgan fingerprint density at radius 1 is 1.89 bits per heavy atom. The van der Waals surface area contributed by atoms with E-state index in [-0.39, 0.29) is 12.1 Å². The van der Waals surface area contributed by atoms with Gasteiger partial charge in [-0.15, -0.1) is 0 Å². The molecule has 0 amide bonds. The lowest BCUT2D eigenvalue weighted by atomic mass is 10.2. The van der Waals surface area contributed by atoms with E-state index in [0.29, 0.717) is 10.3 Å². The van der Waals surface area contributed by atoms with E-state index in [1.807, 2.05) is 6.92 Å². The van der Waals surface area contributed by atoms with Crippen molar-refractivity contribution in [3.05, 3.63) is 0 Å². The third-order valence-corrected chi connectivity index (χ3v) is 2.69. The predicted molar refractivity (Wildman–Crippen MR) is 42.6 cm³/mol. The van der Waals surface area contributed by atoms with Gasteiger partial charge >= 0.3 is 5.97 Å². The molecule has 2 unspecified atom stereocenters. The van der Waals surface area contributed by atoms with Crippen LogP contribution in [0.3, 0.4) is 0 Å². The normalized spacial score (nSPS) is 34.7. The summed E-state index contributed by atoms with van der Waals surface area (Å²) in [6, 6.07) is 0. The highest BCUT2D eigenvalue weighted by Gasteiger charge is 2.30. The highest BCUT2D eigenvalue weighted by atomic mass is 127. The number of hydrogen-bond acceptors (Lipinski definition) is 2. The molecular weight excluding hydrogens is 231 g/mol. The van der Waals surface area contributed by atoms with Crippen molar-refractivity contribution >= 4 is 28.6 Å². The van der Waals surface area contributed by atoms with Crippen LogP contribution in [0.25, 0.3) is 0 Å². The summed E-state index contributed by atoms with van der Waals surface area (Å²) in [7, 11) is 0. The monoisotopic (exact) mass is 240 g/mol. The lowest BCUT2D eigenvalue weighted by Gasteiger charge is -2.07. The molecule has 0 aromatic carbocycles. The minimum absolute atomic E-state index is 0.0405. The SMILES string of the molecule is CCC1OC(=O)CC1I. The molecule has 0 spiro atoms. The molecule has 1 saturated heterocycles. The van der Waals surface area contributed by atoms with Crippen LogP contribution >= 0.6 is 22.6 Å². The van der Waals surface area contributed by atoms with E-state index in [0.717, 1.165) is 6.42 Å². The summed E-state index contributed by atoms with van der Waals surface area (Å²) in [6.07, 6.45) is 1.72. The maximum absolute atomic E-state index is 10.6. The van der Waals surface area contributed by atoms with Crippen LogP contribution in [-0.2, 0) is 9.53 Å². The van der Waals surface area contributed by atoms with Crippen LogP contribution in [0.1, 0.15) is 19.8 Å². The number of carbonyl (C=O) groups is 1. The first-order valence-corrected chi connectivity index (χ1v) is 4.32. The van der Waals surface area contributed by atoms with Crippen molar-refractivity contribution < 1.29 is 9.53 Å². The molecule has 2 nitrogen and oxygen atoms in total. The van der Waals surface area contributed by atoms with Crippen LogP contribution in [0.2, 0.25) is 0 Å². The van der Waals surface area contributed by atoms with Gasteiger partial charge in [-0.25, -0.2) is 0 Å². The number of alkyl halides is 1. The molecule has 3 heteroatoms. The van der Waals surface area contributed by atoms with Crippen molar-refractivity contribution in [2.24, 2.45) is 0 Å². The first-order valence-electron chi connectivity index (χ1n) is 3.07. The molecule has 0 aromatic rings. The second-order valence-electron chi connectivity index (χ2n) is 2.16. The fraction of sp³-hybridized carbons (Fsp3) is 0.833. The molecule has 0 radical (unpaired) electrons. The largest absolute Gasteiger partial charge is 0.461 e. The quantitative estimate of drug-likeness (QED) is 0.394. The van der Waals surface area contributed by atoms with Crippen molar-refractivity contribution in [2.45, 2.75) is 29.8 Å². The average Bonchev–Trinajstić information content (AvgIpc) is 2.10. The summed E-state index contributed by atoms with van der Waals surface area (Å²) in [6.45, 7) is 2.04. The first-order chi connectivity index (χ1) is 4.24. The zero-order valence-corrected chi connectivity index (χ0v) is 7.42. The Morgan fingerprint density at radius 2 is 2.56 bits per heavy atom. The molecule has 2 atom stereocenters. The minimum atomic E-state index is -0.0405. The number of rotatable bonds is 1. The first kappa shape index (κ1) is 7.31. The van der Waals surface area contributed by atoms with Gasteiger partial charge in [-0.3, -0.25) is 4.79 Å². The Labute approximate surface area is 68.1 Å². The Hall–Kier alpha value is 0.200. The van der Waals surface area contributed by atoms with Gasteiger partial charge in [-0.1, -0.05) is 29.5 Å². The molecule has 0 aromatic heterocycles. The second-order valence-corrected chi connectivity index (χ2v) is 3.76. The summed E-state index contributed by atoms with van der Waals surface area (Å²) in [5.74, 6) is -0.0405. The van der Waals surface area contributed by atoms with Crippen molar-refractivity contribution in [1.29, 1.82) is 0 Å². The van der Waals surface area contributed by atoms with Crippen LogP contribution < -0.4 is 0 Å². The molecule has 0 saturated carbocycles. The molecule has 9 heavy (non-hydrogen) atoms. The fourth-order valence-electron chi connectivity index (χ4n) is 0.921. The minimum Gasteiger partial charge on any atom is -0.461 e. The Bertz CT molecular complexity index is 124. The van der Waals surface area contributed by atoms with E-state index in [9.17, 15) is 4.79 Å². The summed E-state index contributed by atoms with van der Waals surface area (Å²) in [5, 5.41) is 0. The van der Waals surface area contributed by atoms with Gasteiger partial charge in [-0.05, 0) is 6.42 Å². The van der Waals surface area contributed by atoms with Gasteiger partial charge in [0.2, 0.25) is 0 Å². The summed E-state index contributed by atoms with van der Waals surface area (Å²) >= 11 is 2.26. The molecule has 1 rings (SSSR count). The number of halogens is 1. The zero-order valence-electron chi connectivity index (χ0n) is 5.26. The molecule has 1 aliphatic heterocycles. The standard InChI is InChI=1S/C6H9IO2/c1-2-5-4(7)3-6(8)9-5/h4-5H,2-3H2,1H3. The Balaban J connectivity index is 2.47. The van der Waals surface area contributed by atoms with Crippen molar-refractivity contribution in [3.8, 4) is 0 Å². The van der Waals surface area contributed by atoms with E-state index >= 15 is 0 Å². The van der Waals surface area contributed by atoms with Crippen molar-refractivity contribution in [2.75, 3.05) is 0 Å². The van der Waals surface area contributed by atoms with Gasteiger partial charge in [-0.2, -0.15) is 0 Å². The summed E-state index contributed by atoms with van der Waals surface area (Å²) in [5.41, 5.74) is 0. The molecule has 52 valence electrons. The molecule has 1 aliphatic rings. The van der Waals surface area contributed by atoms with E-state index in [1.54, 1.807) is 0 Å². The average molecular weight is 240 g/mol. The zero-order chi connectivity index (χ0) is 6.85. The molecule has 0 bridgehead atoms. The Morgan fingerprint density at radius 3 is 2.78 bits per heavy atom. The number of carbonyl (C=O) groups excluding carboxylic acids is 1. The molecule has 0 N–H and O–H groups in total. The molecular formula is C6H9IO2. The van der Waals surface area contributed by atoms with Gasteiger partial charge in [0.25, 0.3) is 0 Å². The van der Waals surface area contributed by atoms with Crippen LogP contribution in [0.5, 0.6) is 0 Å². The third kappa shape index (κ3) is 1.56. The van der Waals surface area contributed by atoms with E-state index in [1.165, 1.54) is 0 Å². The van der Waals surface area contributed by atoms with Gasteiger partial charge in [0, 0.05) is 0 Å². The van der Waals surface area contributed by atoms with Crippen LogP contribution in [-0.4, -0.2) is 16.0 Å². The molecule has 1 heterocycles. The van der Waals surface area contributed by atoms with Crippen LogP contribution in [0.4, 0.5) is 0 Å². The number of ether oxygens (including phenoxy) is 1. The van der Waals surface area contributed by atoms with Gasteiger partial charge in [0.1, 0.15) is 6.10 Å². The van der Waals surface area contributed by atoms with Gasteiger partial charge in [0.15, 0.2) is 0 Å². The number of cyclic esters (lactones) is 1. The third-order valence-electron chi connectivity index (χ3n) is 1.45. The molecule has 0 aliphatic carbocycles. The van der Waals surface area contributed by atoms with E-state index in [2.05, 4.69) is 22.6 Å². The van der Waals surface area contributed by atoms with Crippen molar-refractivity contribution in [1.82, 2.24) is 0 Å². The maximum atomic E-state index is 10.6. The smallest absolute Gasteiger partial charge is 0.307 e. The summed E-state index contributed by atoms with van der Waals surface area (Å²) < 4.78 is 5.38. The number of esters is 1. The molecule has 1 fully saturated rings. The van der Waals surface area contributed by atoms with Crippen LogP contribution in [0.15, 0.2) is 0 Å². The lowest BCUT2D eigenvalue weighted by Crippen LogP contribution is -2.13. The van der Waals surface area contributed by atoms with Gasteiger partial charge < -0.3 is 4.74 Å². The topological polar surface area (TPSA) is 26.3 Å². The van der Waals surface area contributed by atoms with E-state index in [4.69, 9.17) is 4.74 Å². The van der Waals surface area contributed by atoms with Gasteiger partial charge in [0.05, 0.1) is 10.3 Å². The van der Waals surface area contributed by atoms with Crippen molar-refractivity contribution in [3.63, 3.8) is 0 Å². The fourth-order valence-corrected chi connectivity index (χ4v) is 1.94. The lowest BCUT2D eigenvalue weighted by molar-refractivity contribution is -0.141. The van der Waals surface area contributed by atoms with Crippen LogP contribution in [0, 0.1) is 0 Å². The highest BCUT2D eigenvalue weighted by Crippen LogP contribution is 2.24. The second kappa shape index (κ2) is 2.86. The Kier molecular flexibility index (Phi) is 2.32. The predicted octanol–water partition coefficient (Wildman–Crippen LogP) is 1.52.